The van der Waals surface area contributed by atoms with Crippen molar-refractivity contribution < 1.29 is 14.3 Å². The van der Waals surface area contributed by atoms with Crippen molar-refractivity contribution in [3.63, 3.8) is 0 Å². The summed E-state index contributed by atoms with van der Waals surface area (Å²) in [5, 5.41) is 3.06. The van der Waals surface area contributed by atoms with Crippen LogP contribution < -0.4 is 14.8 Å². The van der Waals surface area contributed by atoms with Gasteiger partial charge in [-0.15, -0.1) is 0 Å². The third-order valence-electron chi connectivity index (χ3n) is 4.27. The zero-order chi connectivity index (χ0) is 18.4. The molecule has 0 aliphatic carbocycles. The summed E-state index contributed by atoms with van der Waals surface area (Å²) in [5.41, 5.74) is 3.21. The van der Waals surface area contributed by atoms with E-state index in [9.17, 15) is 4.79 Å². The van der Waals surface area contributed by atoms with Crippen molar-refractivity contribution >= 4 is 5.91 Å². The molecule has 0 saturated heterocycles. The Balaban J connectivity index is 2.18. The van der Waals surface area contributed by atoms with Crippen LogP contribution in [-0.4, -0.2) is 20.1 Å². The summed E-state index contributed by atoms with van der Waals surface area (Å²) in [4.78, 5) is 12.8. The number of aryl methyl sites for hydroxylation is 1. The lowest BCUT2D eigenvalue weighted by Crippen LogP contribution is -2.31. The number of methoxy groups -OCH3 is 2. The van der Waals surface area contributed by atoms with Gasteiger partial charge in [-0.2, -0.15) is 0 Å². The molecular weight excluding hydrogens is 314 g/mol. The van der Waals surface area contributed by atoms with Crippen molar-refractivity contribution in [1.29, 1.82) is 0 Å². The Hall–Kier alpha value is -2.49. The molecule has 0 saturated carbocycles. The van der Waals surface area contributed by atoms with Gasteiger partial charge >= 0.3 is 0 Å². The molecule has 2 rings (SSSR count). The highest BCUT2D eigenvalue weighted by Crippen LogP contribution is 2.33. The van der Waals surface area contributed by atoms with Gasteiger partial charge in [-0.05, 0) is 36.1 Å². The van der Waals surface area contributed by atoms with Crippen LogP contribution in [0.1, 0.15) is 36.5 Å². The van der Waals surface area contributed by atoms with Crippen LogP contribution in [0.5, 0.6) is 11.5 Å². The van der Waals surface area contributed by atoms with Gasteiger partial charge in [0.25, 0.3) is 0 Å². The number of hydrogen-bond acceptors (Lipinski definition) is 3. The van der Waals surface area contributed by atoms with Crippen LogP contribution in [0.25, 0.3) is 0 Å². The van der Waals surface area contributed by atoms with E-state index in [1.54, 1.807) is 14.2 Å². The maximum absolute atomic E-state index is 12.8. The minimum absolute atomic E-state index is 0.0173. The number of hydrogen-bond donors (Lipinski definition) is 1. The zero-order valence-electron chi connectivity index (χ0n) is 15.6. The van der Waals surface area contributed by atoms with E-state index in [4.69, 9.17) is 9.47 Å². The maximum atomic E-state index is 12.8. The topological polar surface area (TPSA) is 47.6 Å². The van der Waals surface area contributed by atoms with Crippen LogP contribution in [0.2, 0.25) is 0 Å². The number of rotatable bonds is 7. The largest absolute Gasteiger partial charge is 0.493 e. The van der Waals surface area contributed by atoms with E-state index < -0.39 is 0 Å². The van der Waals surface area contributed by atoms with Gasteiger partial charge in [-0.3, -0.25) is 4.79 Å². The van der Waals surface area contributed by atoms with Crippen molar-refractivity contribution in [2.45, 2.75) is 33.2 Å². The first-order valence-corrected chi connectivity index (χ1v) is 8.51. The van der Waals surface area contributed by atoms with E-state index in [-0.39, 0.29) is 17.7 Å². The number of ether oxygens (including phenoxy) is 2. The SMILES string of the molecule is COc1ccc(C(C(=O)NCc2cccc(C)c2)C(C)C)cc1OC. The lowest BCUT2D eigenvalue weighted by atomic mass is 9.87. The molecule has 1 atom stereocenters. The van der Waals surface area contributed by atoms with Crippen LogP contribution in [0.3, 0.4) is 0 Å². The van der Waals surface area contributed by atoms with Crippen molar-refractivity contribution in [2.24, 2.45) is 5.92 Å². The van der Waals surface area contributed by atoms with Crippen molar-refractivity contribution in [3.8, 4) is 11.5 Å². The first-order valence-electron chi connectivity index (χ1n) is 8.51. The quantitative estimate of drug-likeness (QED) is 0.826. The standard InChI is InChI=1S/C21H27NO3/c1-14(2)20(17-9-10-18(24-4)19(12-17)25-5)21(23)22-13-16-8-6-7-15(3)11-16/h6-12,14,20H,13H2,1-5H3,(H,22,23). The molecule has 2 aromatic carbocycles. The average molecular weight is 341 g/mol. The molecular formula is C21H27NO3. The molecule has 0 radical (unpaired) electrons. The molecule has 1 amide bonds. The zero-order valence-corrected chi connectivity index (χ0v) is 15.6. The molecule has 4 nitrogen and oxygen atoms in total. The number of benzene rings is 2. The molecule has 25 heavy (non-hydrogen) atoms. The Bertz CT molecular complexity index is 725. The molecule has 0 fully saturated rings. The van der Waals surface area contributed by atoms with E-state index in [0.717, 1.165) is 11.1 Å². The molecule has 4 heteroatoms. The Morgan fingerprint density at radius 1 is 1.04 bits per heavy atom. The fraction of sp³-hybridized carbons (Fsp3) is 0.381. The van der Waals surface area contributed by atoms with Gasteiger partial charge in [-0.25, -0.2) is 0 Å². The Kier molecular flexibility index (Phi) is 6.45. The smallest absolute Gasteiger partial charge is 0.228 e. The van der Waals surface area contributed by atoms with Gasteiger partial charge in [-0.1, -0.05) is 49.7 Å². The summed E-state index contributed by atoms with van der Waals surface area (Å²) in [7, 11) is 3.20. The third kappa shape index (κ3) is 4.75. The summed E-state index contributed by atoms with van der Waals surface area (Å²) in [6.45, 7) is 6.67. The predicted molar refractivity (Wildman–Crippen MR) is 100 cm³/mol. The van der Waals surface area contributed by atoms with Crippen LogP contribution in [-0.2, 0) is 11.3 Å². The summed E-state index contributed by atoms with van der Waals surface area (Å²) in [5.74, 6) is 1.23. The Labute approximate surface area is 150 Å². The molecule has 134 valence electrons. The van der Waals surface area contributed by atoms with E-state index in [1.807, 2.05) is 57.2 Å². The van der Waals surface area contributed by atoms with E-state index in [1.165, 1.54) is 5.56 Å². The van der Waals surface area contributed by atoms with E-state index >= 15 is 0 Å². The molecule has 1 N–H and O–H groups in total. The highest BCUT2D eigenvalue weighted by atomic mass is 16.5. The fourth-order valence-corrected chi connectivity index (χ4v) is 3.01. The highest BCUT2D eigenvalue weighted by molar-refractivity contribution is 5.84. The predicted octanol–water partition coefficient (Wildman–Crippen LogP) is 4.07. The molecule has 0 aliphatic heterocycles. The summed E-state index contributed by atoms with van der Waals surface area (Å²) in [6, 6.07) is 13.8. The molecule has 2 aromatic rings. The first-order chi connectivity index (χ1) is 12.0. The maximum Gasteiger partial charge on any atom is 0.228 e. The van der Waals surface area contributed by atoms with Crippen LogP contribution >= 0.6 is 0 Å². The van der Waals surface area contributed by atoms with Crippen LogP contribution in [0.4, 0.5) is 0 Å². The lowest BCUT2D eigenvalue weighted by Gasteiger charge is -2.22. The summed E-state index contributed by atoms with van der Waals surface area (Å²) in [6.07, 6.45) is 0. The lowest BCUT2D eigenvalue weighted by molar-refractivity contribution is -0.123. The molecule has 1 unspecified atom stereocenters. The van der Waals surface area contributed by atoms with Gasteiger partial charge in [0.1, 0.15) is 0 Å². The van der Waals surface area contributed by atoms with Crippen LogP contribution in [0.15, 0.2) is 42.5 Å². The summed E-state index contributed by atoms with van der Waals surface area (Å²) < 4.78 is 10.7. The van der Waals surface area contributed by atoms with Crippen molar-refractivity contribution in [1.82, 2.24) is 5.32 Å². The number of carbonyl (C=O) groups is 1. The molecule has 0 bridgehead atoms. The Morgan fingerprint density at radius 2 is 1.76 bits per heavy atom. The van der Waals surface area contributed by atoms with Gasteiger partial charge in [0.15, 0.2) is 11.5 Å². The number of amides is 1. The molecule has 0 aliphatic rings. The van der Waals surface area contributed by atoms with Gasteiger partial charge in [0.05, 0.1) is 20.1 Å². The van der Waals surface area contributed by atoms with Crippen LogP contribution in [0, 0.1) is 12.8 Å². The second-order valence-electron chi connectivity index (χ2n) is 6.54. The fourth-order valence-electron chi connectivity index (χ4n) is 3.01. The first kappa shape index (κ1) is 18.8. The molecule has 0 aromatic heterocycles. The molecule has 0 heterocycles. The second kappa shape index (κ2) is 8.56. The van der Waals surface area contributed by atoms with Gasteiger partial charge in [0, 0.05) is 6.54 Å². The second-order valence-corrected chi connectivity index (χ2v) is 6.54. The summed E-state index contributed by atoms with van der Waals surface area (Å²) >= 11 is 0. The van der Waals surface area contributed by atoms with Crippen molar-refractivity contribution in [2.75, 3.05) is 14.2 Å². The normalized spacial score (nSPS) is 11.9. The van der Waals surface area contributed by atoms with E-state index in [2.05, 4.69) is 11.4 Å². The number of carbonyl (C=O) groups excluding carboxylic acids is 1. The van der Waals surface area contributed by atoms with Crippen molar-refractivity contribution in [3.05, 3.63) is 59.2 Å². The van der Waals surface area contributed by atoms with Gasteiger partial charge < -0.3 is 14.8 Å². The van der Waals surface area contributed by atoms with Gasteiger partial charge in [0.2, 0.25) is 5.91 Å². The minimum Gasteiger partial charge on any atom is -0.493 e. The third-order valence-corrected chi connectivity index (χ3v) is 4.27. The van der Waals surface area contributed by atoms with E-state index in [0.29, 0.717) is 18.0 Å². The number of nitrogens with one attached hydrogen (secondary N) is 1. The molecule has 0 spiro atoms. The average Bonchev–Trinajstić information content (AvgIpc) is 2.59. The Morgan fingerprint density at radius 3 is 2.36 bits per heavy atom. The minimum atomic E-state index is -0.246. The monoisotopic (exact) mass is 341 g/mol. The highest BCUT2D eigenvalue weighted by Gasteiger charge is 2.25.